The van der Waals surface area contributed by atoms with Gasteiger partial charge in [0.05, 0.1) is 32.0 Å². The summed E-state index contributed by atoms with van der Waals surface area (Å²) in [4.78, 5) is 9.61. The number of hydrogen-bond acceptors (Lipinski definition) is 6. The third kappa shape index (κ3) is 4.92. The van der Waals surface area contributed by atoms with Gasteiger partial charge in [0.2, 0.25) is 10.0 Å². The maximum atomic E-state index is 12.8. The molecule has 1 aromatic carbocycles. The van der Waals surface area contributed by atoms with Gasteiger partial charge in [-0.05, 0) is 29.8 Å². The number of sulfonamides is 1. The molecule has 144 valence electrons. The lowest BCUT2D eigenvalue weighted by Crippen LogP contribution is -2.42. The zero-order chi connectivity index (χ0) is 19.3. The Balaban J connectivity index is 1.70. The molecule has 1 N–H and O–H groups in total. The Hall–Kier alpha value is -2.26. The molecule has 27 heavy (non-hydrogen) atoms. The van der Waals surface area contributed by atoms with Crippen LogP contribution >= 0.6 is 0 Å². The van der Waals surface area contributed by atoms with Crippen LogP contribution < -0.4 is 9.46 Å². The lowest BCUT2D eigenvalue weighted by Gasteiger charge is -2.19. The van der Waals surface area contributed by atoms with Crippen LogP contribution in [0.1, 0.15) is 11.3 Å². The molecule has 8 heteroatoms. The molecule has 7 nitrogen and oxygen atoms in total. The monoisotopic (exact) mass is 389 g/mol. The number of hydrogen-bond donors (Lipinski definition) is 1. The summed E-state index contributed by atoms with van der Waals surface area (Å²) < 4.78 is 33.3. The molecule has 2 unspecified atom stereocenters. The van der Waals surface area contributed by atoms with Crippen molar-refractivity contribution in [2.75, 3.05) is 20.8 Å². The van der Waals surface area contributed by atoms with Crippen molar-refractivity contribution in [1.29, 1.82) is 0 Å². The number of methoxy groups -OCH3 is 1. The second-order valence-electron chi connectivity index (χ2n) is 6.19. The van der Waals surface area contributed by atoms with E-state index in [1.54, 1.807) is 37.6 Å². The minimum atomic E-state index is -3.58. The molecule has 1 fully saturated rings. The maximum Gasteiger partial charge on any atom is 0.219 e. The Morgan fingerprint density at radius 2 is 2.07 bits per heavy atom. The van der Waals surface area contributed by atoms with Crippen LogP contribution in [0.5, 0.6) is 5.75 Å². The maximum absolute atomic E-state index is 12.8. The SMILES string of the molecule is COc1ccc(/C=C/C2C(S(=O)(=O)NCc3ccccn3)CON2C)cc1. The Morgan fingerprint density at radius 1 is 1.30 bits per heavy atom. The molecule has 1 aliphatic heterocycles. The first-order chi connectivity index (χ1) is 13.0. The summed E-state index contributed by atoms with van der Waals surface area (Å²) in [6, 6.07) is 12.5. The fourth-order valence-electron chi connectivity index (χ4n) is 2.84. The van der Waals surface area contributed by atoms with Gasteiger partial charge < -0.3 is 4.74 Å². The number of nitrogens with zero attached hydrogens (tertiary/aromatic N) is 2. The highest BCUT2D eigenvalue weighted by Crippen LogP contribution is 2.22. The summed E-state index contributed by atoms with van der Waals surface area (Å²) in [6.45, 7) is 0.254. The number of likely N-dealkylation sites (N-methyl/N-ethyl adjacent to an activating group) is 1. The van der Waals surface area contributed by atoms with Gasteiger partial charge in [-0.15, -0.1) is 0 Å². The van der Waals surface area contributed by atoms with E-state index in [1.807, 2.05) is 42.5 Å². The summed E-state index contributed by atoms with van der Waals surface area (Å²) in [5, 5.41) is 0.866. The molecule has 1 aromatic heterocycles. The van der Waals surface area contributed by atoms with E-state index in [0.717, 1.165) is 11.3 Å². The van der Waals surface area contributed by atoms with Crippen LogP contribution in [-0.2, 0) is 21.4 Å². The molecule has 0 bridgehead atoms. The molecule has 0 radical (unpaired) electrons. The summed E-state index contributed by atoms with van der Waals surface area (Å²) >= 11 is 0. The lowest BCUT2D eigenvalue weighted by molar-refractivity contribution is -0.100. The lowest BCUT2D eigenvalue weighted by atomic mass is 10.1. The molecule has 0 saturated carbocycles. The predicted molar refractivity (Wildman–Crippen MR) is 103 cm³/mol. The fourth-order valence-corrected chi connectivity index (χ4v) is 4.27. The normalized spacial score (nSPS) is 21.0. The Bertz CT molecular complexity index is 870. The van der Waals surface area contributed by atoms with Crippen LogP contribution in [0.3, 0.4) is 0 Å². The van der Waals surface area contributed by atoms with Crippen molar-refractivity contribution in [2.24, 2.45) is 0 Å². The molecule has 2 heterocycles. The van der Waals surface area contributed by atoms with E-state index < -0.39 is 21.3 Å². The number of ether oxygens (including phenoxy) is 1. The first-order valence-electron chi connectivity index (χ1n) is 8.56. The number of benzene rings is 1. The van der Waals surface area contributed by atoms with E-state index in [0.29, 0.717) is 5.69 Å². The molecule has 3 rings (SSSR count). The first kappa shape index (κ1) is 19.5. The largest absolute Gasteiger partial charge is 0.497 e. The molecule has 2 atom stereocenters. The minimum absolute atomic E-state index is 0.103. The van der Waals surface area contributed by atoms with Gasteiger partial charge in [-0.1, -0.05) is 30.4 Å². The summed E-state index contributed by atoms with van der Waals surface area (Å²) in [5.74, 6) is 0.771. The highest BCUT2D eigenvalue weighted by Gasteiger charge is 2.40. The third-order valence-corrected chi connectivity index (χ3v) is 6.18. The van der Waals surface area contributed by atoms with E-state index in [2.05, 4.69) is 9.71 Å². The van der Waals surface area contributed by atoms with Gasteiger partial charge in [0.1, 0.15) is 11.0 Å². The Kier molecular flexibility index (Phi) is 6.22. The van der Waals surface area contributed by atoms with Gasteiger partial charge in [-0.25, -0.2) is 13.1 Å². The molecular formula is C19H23N3O4S. The van der Waals surface area contributed by atoms with E-state index in [4.69, 9.17) is 9.57 Å². The van der Waals surface area contributed by atoms with Crippen molar-refractivity contribution in [3.63, 3.8) is 0 Å². The van der Waals surface area contributed by atoms with Gasteiger partial charge >= 0.3 is 0 Å². The van der Waals surface area contributed by atoms with Gasteiger partial charge in [0.25, 0.3) is 0 Å². The summed E-state index contributed by atoms with van der Waals surface area (Å²) in [5.41, 5.74) is 1.62. The van der Waals surface area contributed by atoms with Crippen molar-refractivity contribution < 1.29 is 18.0 Å². The second kappa shape index (κ2) is 8.62. The number of rotatable bonds is 7. The van der Waals surface area contributed by atoms with Crippen molar-refractivity contribution in [1.82, 2.24) is 14.8 Å². The third-order valence-electron chi connectivity index (χ3n) is 4.42. The van der Waals surface area contributed by atoms with Crippen LogP contribution in [0.15, 0.2) is 54.7 Å². The molecule has 2 aromatic rings. The molecule has 0 aliphatic carbocycles. The fraction of sp³-hybridized carbons (Fsp3) is 0.316. The summed E-state index contributed by atoms with van der Waals surface area (Å²) in [7, 11) is -0.236. The zero-order valence-electron chi connectivity index (χ0n) is 15.3. The van der Waals surface area contributed by atoms with Crippen LogP contribution in [-0.4, -0.2) is 50.5 Å². The van der Waals surface area contributed by atoms with E-state index in [1.165, 1.54) is 0 Å². The standard InChI is InChI=1S/C19H23N3O4S/c1-22-18(11-8-15-6-9-17(25-2)10-7-15)19(14-26-22)27(23,24)21-13-16-5-3-4-12-20-16/h3-12,18-19,21H,13-14H2,1-2H3/b11-8+. The van der Waals surface area contributed by atoms with Crippen molar-refractivity contribution in [3.8, 4) is 5.75 Å². The number of hydroxylamine groups is 2. The van der Waals surface area contributed by atoms with Crippen LogP contribution in [0.2, 0.25) is 0 Å². The van der Waals surface area contributed by atoms with E-state index in [-0.39, 0.29) is 13.2 Å². The molecular weight excluding hydrogens is 366 g/mol. The second-order valence-corrected chi connectivity index (χ2v) is 8.17. The molecule has 0 amide bonds. The smallest absolute Gasteiger partial charge is 0.219 e. The molecule has 1 aliphatic rings. The van der Waals surface area contributed by atoms with Crippen molar-refractivity contribution in [3.05, 3.63) is 66.0 Å². The summed E-state index contributed by atoms with van der Waals surface area (Å²) in [6.07, 6.45) is 5.37. The van der Waals surface area contributed by atoms with Gasteiger partial charge in [0.15, 0.2) is 0 Å². The van der Waals surface area contributed by atoms with Crippen LogP contribution in [0.4, 0.5) is 0 Å². The average Bonchev–Trinajstić information content (AvgIpc) is 3.07. The highest BCUT2D eigenvalue weighted by atomic mass is 32.2. The Labute approximate surface area is 159 Å². The quantitative estimate of drug-likeness (QED) is 0.778. The number of aromatic nitrogens is 1. The number of nitrogens with one attached hydrogen (secondary N) is 1. The van der Waals surface area contributed by atoms with E-state index in [9.17, 15) is 8.42 Å². The van der Waals surface area contributed by atoms with Crippen molar-refractivity contribution >= 4 is 16.1 Å². The Morgan fingerprint density at radius 3 is 2.74 bits per heavy atom. The topological polar surface area (TPSA) is 80.8 Å². The van der Waals surface area contributed by atoms with Gasteiger partial charge in [-0.2, -0.15) is 5.06 Å². The van der Waals surface area contributed by atoms with Gasteiger partial charge in [-0.3, -0.25) is 9.82 Å². The highest BCUT2D eigenvalue weighted by molar-refractivity contribution is 7.90. The first-order valence-corrected chi connectivity index (χ1v) is 10.1. The zero-order valence-corrected chi connectivity index (χ0v) is 16.1. The average molecular weight is 389 g/mol. The van der Waals surface area contributed by atoms with Crippen LogP contribution in [0.25, 0.3) is 6.08 Å². The molecule has 0 spiro atoms. The predicted octanol–water partition coefficient (Wildman–Crippen LogP) is 1.84. The van der Waals surface area contributed by atoms with Gasteiger partial charge in [0, 0.05) is 13.2 Å². The molecule has 1 saturated heterocycles. The number of pyridine rings is 1. The van der Waals surface area contributed by atoms with Crippen molar-refractivity contribution in [2.45, 2.75) is 17.8 Å². The van der Waals surface area contributed by atoms with E-state index >= 15 is 0 Å². The van der Waals surface area contributed by atoms with Crippen LogP contribution in [0, 0.1) is 0 Å². The minimum Gasteiger partial charge on any atom is -0.497 e.